The number of ether oxygens (including phenoxy) is 2. The Morgan fingerprint density at radius 3 is 2.92 bits per heavy atom. The Labute approximate surface area is 149 Å². The minimum absolute atomic E-state index is 0.00589. The zero-order valence-corrected chi connectivity index (χ0v) is 14.7. The normalized spacial score (nSPS) is 16.8. The molecule has 1 atom stereocenters. The van der Waals surface area contributed by atoms with Gasteiger partial charge in [0, 0.05) is 12.3 Å². The predicted molar refractivity (Wildman–Crippen MR) is 91.9 cm³/mol. The number of methoxy groups -OCH3 is 1. The number of carbonyl (C=O) groups is 2. The molecule has 1 heterocycles. The van der Waals surface area contributed by atoms with Crippen LogP contribution in [0.15, 0.2) is 28.8 Å². The SMILES string of the molecule is CCOc1cc([C@@H]2CC(=O)NC(SCC(=O)OC)=C2C#N)ccc1O. The van der Waals surface area contributed by atoms with E-state index in [4.69, 9.17) is 4.74 Å². The number of allylic oxidation sites excluding steroid dienone is 1. The Balaban J connectivity index is 2.38. The summed E-state index contributed by atoms with van der Waals surface area (Å²) in [6.45, 7) is 2.17. The van der Waals surface area contributed by atoms with Gasteiger partial charge < -0.3 is 19.9 Å². The Hall–Kier alpha value is -2.66. The first-order valence-corrected chi connectivity index (χ1v) is 8.58. The van der Waals surface area contributed by atoms with E-state index in [2.05, 4.69) is 16.1 Å². The number of aromatic hydroxyl groups is 1. The second kappa shape index (κ2) is 8.44. The van der Waals surface area contributed by atoms with Crippen LogP contribution in [0.2, 0.25) is 0 Å². The number of nitriles is 1. The lowest BCUT2D eigenvalue weighted by atomic mass is 9.87. The Bertz CT molecular complexity index is 754. The fraction of sp³-hybridized carbons (Fsp3) is 0.353. The van der Waals surface area contributed by atoms with Crippen molar-refractivity contribution in [2.24, 2.45) is 0 Å². The van der Waals surface area contributed by atoms with Crippen LogP contribution in [0.25, 0.3) is 0 Å². The maximum atomic E-state index is 12.0. The number of amides is 1. The van der Waals surface area contributed by atoms with Crippen molar-refractivity contribution in [2.45, 2.75) is 19.3 Å². The standard InChI is InChI=1S/C17H18N2O5S/c1-3-24-14-6-10(4-5-13(14)20)11-7-15(21)19-17(12(11)8-18)25-9-16(22)23-2/h4-6,11,20H,3,7,9H2,1-2H3,(H,19,21)/t11-/m0/s1. The Morgan fingerprint density at radius 1 is 1.52 bits per heavy atom. The van der Waals surface area contributed by atoms with Crippen LogP contribution in [0.4, 0.5) is 0 Å². The van der Waals surface area contributed by atoms with Gasteiger partial charge in [0.25, 0.3) is 0 Å². The van der Waals surface area contributed by atoms with Crippen molar-refractivity contribution in [1.82, 2.24) is 5.32 Å². The number of benzene rings is 1. The molecule has 0 radical (unpaired) electrons. The highest BCUT2D eigenvalue weighted by molar-refractivity contribution is 8.03. The third-order valence-corrected chi connectivity index (χ3v) is 4.59. The van der Waals surface area contributed by atoms with Gasteiger partial charge in [-0.1, -0.05) is 17.8 Å². The molecule has 2 N–H and O–H groups in total. The second-order valence-electron chi connectivity index (χ2n) is 5.18. The average Bonchev–Trinajstić information content (AvgIpc) is 2.61. The summed E-state index contributed by atoms with van der Waals surface area (Å²) in [6.07, 6.45) is 0.0987. The smallest absolute Gasteiger partial charge is 0.316 e. The summed E-state index contributed by atoms with van der Waals surface area (Å²) in [5.41, 5.74) is 1.05. The molecule has 132 valence electrons. The number of rotatable bonds is 6. The van der Waals surface area contributed by atoms with Crippen LogP contribution >= 0.6 is 11.8 Å². The van der Waals surface area contributed by atoms with Crippen LogP contribution in [-0.4, -0.2) is 36.5 Å². The molecule has 0 fully saturated rings. The molecule has 1 amide bonds. The molecule has 0 unspecified atom stereocenters. The second-order valence-corrected chi connectivity index (χ2v) is 6.17. The first-order chi connectivity index (χ1) is 12.0. The van der Waals surface area contributed by atoms with Crippen molar-refractivity contribution in [3.63, 3.8) is 0 Å². The van der Waals surface area contributed by atoms with Crippen molar-refractivity contribution >= 4 is 23.6 Å². The lowest BCUT2D eigenvalue weighted by Crippen LogP contribution is -2.31. The highest BCUT2D eigenvalue weighted by Crippen LogP contribution is 2.39. The lowest BCUT2D eigenvalue weighted by molar-refractivity contribution is -0.137. The Kier molecular flexibility index (Phi) is 6.31. The van der Waals surface area contributed by atoms with E-state index in [1.165, 1.54) is 13.2 Å². The van der Waals surface area contributed by atoms with E-state index in [-0.39, 0.29) is 23.8 Å². The van der Waals surface area contributed by atoms with E-state index in [0.717, 1.165) is 11.8 Å². The minimum Gasteiger partial charge on any atom is -0.504 e. The largest absolute Gasteiger partial charge is 0.504 e. The number of phenolic OH excluding ortho intramolecular Hbond substituents is 1. The number of esters is 1. The van der Waals surface area contributed by atoms with Gasteiger partial charge in [0.05, 0.1) is 36.1 Å². The molecule has 2 rings (SSSR count). The van der Waals surface area contributed by atoms with Crippen molar-refractivity contribution in [1.29, 1.82) is 5.26 Å². The van der Waals surface area contributed by atoms with Gasteiger partial charge in [0.15, 0.2) is 11.5 Å². The van der Waals surface area contributed by atoms with E-state index in [9.17, 15) is 20.0 Å². The van der Waals surface area contributed by atoms with E-state index in [0.29, 0.717) is 28.5 Å². The predicted octanol–water partition coefficient (Wildman–Crippen LogP) is 2.04. The van der Waals surface area contributed by atoms with Gasteiger partial charge in [-0.15, -0.1) is 0 Å². The average molecular weight is 362 g/mol. The van der Waals surface area contributed by atoms with Crippen LogP contribution < -0.4 is 10.1 Å². The molecule has 0 spiro atoms. The highest BCUT2D eigenvalue weighted by atomic mass is 32.2. The number of hydrogen-bond donors (Lipinski definition) is 2. The molecule has 0 aromatic heterocycles. The quantitative estimate of drug-likeness (QED) is 0.745. The van der Waals surface area contributed by atoms with Gasteiger partial charge in [-0.25, -0.2) is 0 Å². The van der Waals surface area contributed by atoms with Crippen molar-refractivity contribution in [3.8, 4) is 17.6 Å². The number of nitrogens with zero attached hydrogens (tertiary/aromatic N) is 1. The summed E-state index contributed by atoms with van der Waals surface area (Å²) in [5.74, 6) is -0.889. The summed E-state index contributed by atoms with van der Waals surface area (Å²) in [6, 6.07) is 6.88. The molecule has 1 aliphatic rings. The molecule has 25 heavy (non-hydrogen) atoms. The van der Waals surface area contributed by atoms with Gasteiger partial charge in [-0.05, 0) is 24.6 Å². The number of carbonyl (C=O) groups excluding carboxylic acids is 2. The van der Waals surface area contributed by atoms with Crippen LogP contribution in [0, 0.1) is 11.3 Å². The lowest BCUT2D eigenvalue weighted by Gasteiger charge is -2.25. The fourth-order valence-electron chi connectivity index (χ4n) is 2.43. The first kappa shape index (κ1) is 18.7. The summed E-state index contributed by atoms with van der Waals surface area (Å²) in [4.78, 5) is 23.4. The maximum absolute atomic E-state index is 12.0. The number of hydrogen-bond acceptors (Lipinski definition) is 7. The molecule has 7 nitrogen and oxygen atoms in total. The molecule has 0 saturated heterocycles. The molecule has 1 aliphatic heterocycles. The molecular formula is C17H18N2O5S. The maximum Gasteiger partial charge on any atom is 0.316 e. The summed E-state index contributed by atoms with van der Waals surface area (Å²) in [7, 11) is 1.27. The number of nitrogens with one attached hydrogen (secondary N) is 1. The van der Waals surface area contributed by atoms with Gasteiger partial charge in [-0.3, -0.25) is 9.59 Å². The zero-order valence-electron chi connectivity index (χ0n) is 13.9. The van der Waals surface area contributed by atoms with E-state index in [1.54, 1.807) is 19.1 Å². The van der Waals surface area contributed by atoms with Gasteiger partial charge in [-0.2, -0.15) is 5.26 Å². The third-order valence-electron chi connectivity index (χ3n) is 3.60. The highest BCUT2D eigenvalue weighted by Gasteiger charge is 2.30. The van der Waals surface area contributed by atoms with Crippen molar-refractivity contribution in [3.05, 3.63) is 34.4 Å². The zero-order chi connectivity index (χ0) is 18.4. The third kappa shape index (κ3) is 4.45. The molecule has 0 saturated carbocycles. The van der Waals surface area contributed by atoms with Gasteiger partial charge >= 0.3 is 5.97 Å². The van der Waals surface area contributed by atoms with Crippen molar-refractivity contribution in [2.75, 3.05) is 19.5 Å². The number of phenols is 1. The monoisotopic (exact) mass is 362 g/mol. The fourth-order valence-corrected chi connectivity index (χ4v) is 3.34. The molecule has 8 heteroatoms. The minimum atomic E-state index is -0.473. The summed E-state index contributed by atoms with van der Waals surface area (Å²) >= 11 is 1.05. The summed E-state index contributed by atoms with van der Waals surface area (Å²) in [5, 5.41) is 22.4. The van der Waals surface area contributed by atoms with Crippen LogP contribution in [0.3, 0.4) is 0 Å². The van der Waals surface area contributed by atoms with Crippen LogP contribution in [-0.2, 0) is 14.3 Å². The molecule has 0 aliphatic carbocycles. The van der Waals surface area contributed by atoms with E-state index < -0.39 is 11.9 Å². The molecule has 1 aromatic rings. The molecule has 1 aromatic carbocycles. The van der Waals surface area contributed by atoms with Crippen LogP contribution in [0.5, 0.6) is 11.5 Å². The molecular weight excluding hydrogens is 344 g/mol. The van der Waals surface area contributed by atoms with E-state index in [1.807, 2.05) is 0 Å². The number of thioether (sulfide) groups is 1. The summed E-state index contributed by atoms with van der Waals surface area (Å²) < 4.78 is 9.95. The van der Waals surface area contributed by atoms with Crippen molar-refractivity contribution < 1.29 is 24.2 Å². The van der Waals surface area contributed by atoms with Crippen LogP contribution in [0.1, 0.15) is 24.8 Å². The topological polar surface area (TPSA) is 109 Å². The molecule has 0 bridgehead atoms. The Morgan fingerprint density at radius 2 is 2.28 bits per heavy atom. The van der Waals surface area contributed by atoms with Gasteiger partial charge in [0.1, 0.15) is 0 Å². The van der Waals surface area contributed by atoms with Gasteiger partial charge in [0.2, 0.25) is 5.91 Å². The first-order valence-electron chi connectivity index (χ1n) is 7.59. The van der Waals surface area contributed by atoms with E-state index >= 15 is 0 Å².